The minimum Gasteiger partial charge on any atom is -0.382 e. The van der Waals surface area contributed by atoms with Gasteiger partial charge in [0.2, 0.25) is 0 Å². The highest BCUT2D eigenvalue weighted by molar-refractivity contribution is 6.00. The first-order valence-corrected chi connectivity index (χ1v) is 12.7. The molecule has 2 aliphatic rings. The third-order valence-corrected chi connectivity index (χ3v) is 7.14. The van der Waals surface area contributed by atoms with E-state index < -0.39 is 12.1 Å². The molecule has 0 bridgehead atoms. The molecule has 1 unspecified atom stereocenters. The van der Waals surface area contributed by atoms with Crippen LogP contribution in [0.3, 0.4) is 0 Å². The molecule has 1 saturated heterocycles. The minimum absolute atomic E-state index is 0.0474. The maximum absolute atomic E-state index is 13.2. The van der Waals surface area contributed by atoms with Gasteiger partial charge in [0.25, 0.3) is 5.91 Å². The van der Waals surface area contributed by atoms with Gasteiger partial charge in [0.05, 0.1) is 34.5 Å². The number of amides is 1. The number of para-hydroxylation sites is 1. The molecular formula is C29H28F3N5O. The Kier molecular flexibility index (Phi) is 7.25. The smallest absolute Gasteiger partial charge is 0.382 e. The van der Waals surface area contributed by atoms with Crippen molar-refractivity contribution in [3.63, 3.8) is 0 Å². The van der Waals surface area contributed by atoms with Gasteiger partial charge >= 0.3 is 6.18 Å². The Labute approximate surface area is 219 Å². The third-order valence-electron chi connectivity index (χ3n) is 7.14. The summed E-state index contributed by atoms with van der Waals surface area (Å²) in [6.07, 6.45) is -3.29. The van der Waals surface area contributed by atoms with Crippen molar-refractivity contribution in [3.8, 4) is 6.07 Å². The first-order valence-electron chi connectivity index (χ1n) is 12.7. The molecule has 5 rings (SSSR count). The average molecular weight is 520 g/mol. The van der Waals surface area contributed by atoms with Gasteiger partial charge in [0, 0.05) is 38.2 Å². The van der Waals surface area contributed by atoms with Crippen LogP contribution in [0.5, 0.6) is 0 Å². The number of hydrogen-bond acceptors (Lipinski definition) is 5. The Morgan fingerprint density at radius 3 is 2.66 bits per heavy atom. The van der Waals surface area contributed by atoms with E-state index in [4.69, 9.17) is 0 Å². The first kappa shape index (κ1) is 25.6. The van der Waals surface area contributed by atoms with E-state index in [1.807, 2.05) is 24.3 Å². The number of carbonyl (C=O) groups excluding carboxylic acids is 1. The predicted molar refractivity (Wildman–Crippen MR) is 141 cm³/mol. The van der Waals surface area contributed by atoms with Crippen molar-refractivity contribution < 1.29 is 18.0 Å². The standard InChI is InChI=1S/C29H28F3N5O/c30-29(31,32)22-9-5-15-37(36-18-22)25-12-2-1-10-23(25)28(38)35-14-13-34-27-21(17-33)16-20-8-3-6-19-7-4-11-24(27)26(19)20/h1-4,6-8,10-12,22,34,36H,5,9,13-16,18H2,(H,35,38). The van der Waals surface area contributed by atoms with Gasteiger partial charge in [-0.2, -0.15) is 18.4 Å². The van der Waals surface area contributed by atoms with Crippen LogP contribution in [0.1, 0.15) is 34.3 Å². The summed E-state index contributed by atoms with van der Waals surface area (Å²) in [5, 5.41) is 19.9. The number of rotatable bonds is 6. The normalized spacial score (nSPS) is 17.6. The maximum atomic E-state index is 13.2. The second-order valence-corrected chi connectivity index (χ2v) is 9.56. The zero-order valence-corrected chi connectivity index (χ0v) is 20.7. The van der Waals surface area contributed by atoms with Gasteiger partial charge in [-0.25, -0.2) is 5.43 Å². The topological polar surface area (TPSA) is 80.2 Å². The molecule has 0 radical (unpaired) electrons. The van der Waals surface area contributed by atoms with Gasteiger partial charge in [-0.1, -0.05) is 48.5 Å². The van der Waals surface area contributed by atoms with Crippen LogP contribution < -0.4 is 21.1 Å². The van der Waals surface area contributed by atoms with Crippen LogP contribution in [0.2, 0.25) is 0 Å². The Balaban J connectivity index is 1.24. The van der Waals surface area contributed by atoms with Gasteiger partial charge in [0.1, 0.15) is 0 Å². The van der Waals surface area contributed by atoms with Gasteiger partial charge in [-0.05, 0) is 41.3 Å². The van der Waals surface area contributed by atoms with Crippen LogP contribution in [-0.4, -0.2) is 38.3 Å². The highest BCUT2D eigenvalue weighted by Crippen LogP contribution is 2.35. The van der Waals surface area contributed by atoms with E-state index in [1.165, 1.54) is 0 Å². The summed E-state index contributed by atoms with van der Waals surface area (Å²) in [7, 11) is 0. The van der Waals surface area contributed by atoms with Crippen molar-refractivity contribution in [2.45, 2.75) is 25.4 Å². The van der Waals surface area contributed by atoms with E-state index in [1.54, 1.807) is 29.3 Å². The Bertz CT molecular complexity index is 1420. The number of nitrogens with zero attached hydrogens (tertiary/aromatic N) is 2. The molecule has 1 aliphatic carbocycles. The molecule has 196 valence electrons. The fourth-order valence-electron chi connectivity index (χ4n) is 5.26. The molecule has 3 aromatic carbocycles. The largest absolute Gasteiger partial charge is 0.393 e. The lowest BCUT2D eigenvalue weighted by Gasteiger charge is -2.26. The number of hydrazine groups is 1. The zero-order valence-electron chi connectivity index (χ0n) is 20.7. The number of carbonyl (C=O) groups is 1. The minimum atomic E-state index is -4.25. The van der Waals surface area contributed by atoms with Gasteiger partial charge in [-0.15, -0.1) is 0 Å². The number of alkyl halides is 3. The van der Waals surface area contributed by atoms with E-state index >= 15 is 0 Å². The number of allylic oxidation sites excluding steroid dienone is 1. The SMILES string of the molecule is N#CC1=C(NCCNC(=O)c2ccccc2N2CCCC(C(F)(F)F)CN2)c2cccc3cccc(c23)C1. The number of hydrogen-bond donors (Lipinski definition) is 3. The van der Waals surface area contributed by atoms with Gasteiger partial charge in [-0.3, -0.25) is 4.79 Å². The van der Waals surface area contributed by atoms with E-state index in [-0.39, 0.29) is 18.9 Å². The fourth-order valence-corrected chi connectivity index (χ4v) is 5.26. The van der Waals surface area contributed by atoms with Crippen LogP contribution >= 0.6 is 0 Å². The van der Waals surface area contributed by atoms with E-state index in [0.717, 1.165) is 27.6 Å². The summed E-state index contributed by atoms with van der Waals surface area (Å²) in [4.78, 5) is 13.1. The second kappa shape index (κ2) is 10.8. The lowest BCUT2D eigenvalue weighted by Crippen LogP contribution is -2.42. The van der Waals surface area contributed by atoms with E-state index in [2.05, 4.69) is 34.3 Å². The molecule has 38 heavy (non-hydrogen) atoms. The Morgan fingerprint density at radius 2 is 1.87 bits per heavy atom. The fraction of sp³-hybridized carbons (Fsp3) is 0.310. The maximum Gasteiger partial charge on any atom is 0.393 e. The lowest BCUT2D eigenvalue weighted by atomic mass is 9.87. The monoisotopic (exact) mass is 519 g/mol. The number of nitriles is 1. The summed E-state index contributed by atoms with van der Waals surface area (Å²) in [5.41, 5.74) is 7.33. The molecule has 1 fully saturated rings. The predicted octanol–water partition coefficient (Wildman–Crippen LogP) is 4.93. The van der Waals surface area contributed by atoms with Crippen molar-refractivity contribution in [2.24, 2.45) is 5.92 Å². The molecule has 3 N–H and O–H groups in total. The average Bonchev–Trinajstić information content (AvgIpc) is 3.19. The second-order valence-electron chi connectivity index (χ2n) is 9.56. The van der Waals surface area contributed by atoms with Crippen molar-refractivity contribution in [3.05, 3.63) is 82.9 Å². The number of benzene rings is 3. The summed E-state index contributed by atoms with van der Waals surface area (Å²) in [6, 6.07) is 21.3. The van der Waals surface area contributed by atoms with Crippen molar-refractivity contribution in [1.29, 1.82) is 5.26 Å². The van der Waals surface area contributed by atoms with Crippen LogP contribution in [0, 0.1) is 17.2 Å². The highest BCUT2D eigenvalue weighted by Gasteiger charge is 2.40. The van der Waals surface area contributed by atoms with Crippen molar-refractivity contribution in [2.75, 3.05) is 31.2 Å². The van der Waals surface area contributed by atoms with Gasteiger partial charge in [0.15, 0.2) is 0 Å². The number of halogens is 3. The molecule has 6 nitrogen and oxygen atoms in total. The molecule has 1 amide bonds. The summed E-state index contributed by atoms with van der Waals surface area (Å²) in [6.45, 7) is 0.852. The molecule has 0 saturated carbocycles. The van der Waals surface area contributed by atoms with Crippen LogP contribution in [0.15, 0.2) is 66.2 Å². The highest BCUT2D eigenvalue weighted by atomic mass is 19.4. The third kappa shape index (κ3) is 5.18. The Morgan fingerprint density at radius 1 is 1.08 bits per heavy atom. The molecule has 3 aromatic rings. The van der Waals surface area contributed by atoms with Crippen molar-refractivity contribution in [1.82, 2.24) is 16.1 Å². The number of nitrogens with one attached hydrogen (secondary N) is 3. The quantitative estimate of drug-likeness (QED) is 0.403. The molecular weight excluding hydrogens is 491 g/mol. The molecule has 1 heterocycles. The summed E-state index contributed by atoms with van der Waals surface area (Å²) < 4.78 is 39.6. The van der Waals surface area contributed by atoms with E-state index in [9.17, 15) is 23.2 Å². The molecule has 9 heteroatoms. The van der Waals surface area contributed by atoms with Crippen molar-refractivity contribution >= 4 is 28.1 Å². The molecule has 1 atom stereocenters. The van der Waals surface area contributed by atoms with Crippen LogP contribution in [0.25, 0.3) is 16.5 Å². The zero-order chi connectivity index (χ0) is 26.7. The van der Waals surface area contributed by atoms with Crippen LogP contribution in [0.4, 0.5) is 18.9 Å². The molecule has 1 aliphatic heterocycles. The lowest BCUT2D eigenvalue weighted by molar-refractivity contribution is -0.174. The first-order chi connectivity index (χ1) is 18.4. The number of anilines is 1. The van der Waals surface area contributed by atoms with Crippen LogP contribution in [-0.2, 0) is 6.42 Å². The molecule has 0 spiro atoms. The van der Waals surface area contributed by atoms with Gasteiger partial charge < -0.3 is 15.6 Å². The van der Waals surface area contributed by atoms with E-state index in [0.29, 0.717) is 49.3 Å². The summed E-state index contributed by atoms with van der Waals surface area (Å²) in [5.74, 6) is -1.73. The Hall–Kier alpha value is -4.03. The summed E-state index contributed by atoms with van der Waals surface area (Å²) >= 11 is 0. The molecule has 0 aromatic heterocycles.